The second-order valence-corrected chi connectivity index (χ2v) is 6.48. The van der Waals surface area contributed by atoms with Crippen molar-refractivity contribution in [1.29, 1.82) is 0 Å². The van der Waals surface area contributed by atoms with E-state index in [-0.39, 0.29) is 17.7 Å². The molecule has 1 aliphatic rings. The molecule has 1 aromatic carbocycles. The number of nitrogens with zero attached hydrogens (tertiary/aromatic N) is 1. The lowest BCUT2D eigenvalue weighted by Gasteiger charge is -2.27. The Hall–Kier alpha value is -1.34. The van der Waals surface area contributed by atoms with Crippen LogP contribution in [0, 0.1) is 0 Å². The number of rotatable bonds is 6. The summed E-state index contributed by atoms with van der Waals surface area (Å²) in [7, 11) is 0. The molecule has 0 radical (unpaired) electrons. The first-order valence-corrected chi connectivity index (χ1v) is 8.70. The van der Waals surface area contributed by atoms with Crippen LogP contribution in [0.4, 0.5) is 11.4 Å². The van der Waals surface area contributed by atoms with E-state index in [1.807, 2.05) is 12.1 Å². The number of ether oxygens (including phenoxy) is 1. The van der Waals surface area contributed by atoms with Crippen molar-refractivity contribution in [2.45, 2.75) is 18.8 Å². The summed E-state index contributed by atoms with van der Waals surface area (Å²) < 4.78 is 5.34. The number of morpholine rings is 1. The van der Waals surface area contributed by atoms with Gasteiger partial charge in [0.25, 0.3) is 0 Å². The highest BCUT2D eigenvalue weighted by Gasteiger charge is 2.16. The lowest BCUT2D eigenvalue weighted by Crippen LogP contribution is -2.35. The Bertz CT molecular complexity index is 590. The van der Waals surface area contributed by atoms with Crippen LogP contribution in [-0.4, -0.2) is 54.3 Å². The molecular weight excluding hydrogens is 353 g/mol. The van der Waals surface area contributed by atoms with Crippen molar-refractivity contribution in [3.63, 3.8) is 0 Å². The van der Waals surface area contributed by atoms with Gasteiger partial charge in [-0.25, -0.2) is 0 Å². The number of nitrogens with one attached hydrogen (secondary N) is 2. The SMILES string of the molecule is CC(Cl)C(=O)Nc1cc(CN2CCOCC2)ccc1NC(=O)CCl. The fourth-order valence-electron chi connectivity index (χ4n) is 2.34. The van der Waals surface area contributed by atoms with E-state index in [2.05, 4.69) is 15.5 Å². The van der Waals surface area contributed by atoms with Crippen molar-refractivity contribution >= 4 is 46.4 Å². The monoisotopic (exact) mass is 373 g/mol. The van der Waals surface area contributed by atoms with Gasteiger partial charge in [0.15, 0.2) is 0 Å². The summed E-state index contributed by atoms with van der Waals surface area (Å²) in [4.78, 5) is 25.7. The highest BCUT2D eigenvalue weighted by Crippen LogP contribution is 2.25. The number of carbonyl (C=O) groups is 2. The number of carbonyl (C=O) groups excluding carboxylic acids is 2. The Morgan fingerprint density at radius 1 is 1.25 bits per heavy atom. The number of alkyl halides is 2. The number of halogens is 2. The zero-order valence-electron chi connectivity index (χ0n) is 13.5. The molecule has 0 spiro atoms. The predicted octanol–water partition coefficient (Wildman–Crippen LogP) is 2.26. The summed E-state index contributed by atoms with van der Waals surface area (Å²) in [5.74, 6) is -0.831. The summed E-state index contributed by atoms with van der Waals surface area (Å²) in [6.07, 6.45) is 0. The molecule has 2 rings (SSSR count). The molecule has 1 saturated heterocycles. The van der Waals surface area contributed by atoms with Crippen LogP contribution in [0.2, 0.25) is 0 Å². The molecule has 1 fully saturated rings. The highest BCUT2D eigenvalue weighted by atomic mass is 35.5. The first-order chi connectivity index (χ1) is 11.5. The fraction of sp³-hybridized carbons (Fsp3) is 0.500. The van der Waals surface area contributed by atoms with Crippen LogP contribution in [0.15, 0.2) is 18.2 Å². The number of anilines is 2. The maximum Gasteiger partial charge on any atom is 0.242 e. The van der Waals surface area contributed by atoms with Gasteiger partial charge in [-0.1, -0.05) is 6.07 Å². The molecule has 24 heavy (non-hydrogen) atoms. The van der Waals surface area contributed by atoms with E-state index >= 15 is 0 Å². The van der Waals surface area contributed by atoms with Crippen molar-refractivity contribution in [2.24, 2.45) is 0 Å². The first-order valence-electron chi connectivity index (χ1n) is 7.73. The number of amides is 2. The standard InChI is InChI=1S/C16H21Cl2N3O3/c1-11(18)16(23)20-14-8-12(10-21-4-6-24-7-5-21)2-3-13(14)19-15(22)9-17/h2-3,8,11H,4-7,9-10H2,1H3,(H,19,22)(H,20,23). The molecule has 0 aliphatic carbocycles. The molecule has 2 amide bonds. The summed E-state index contributed by atoms with van der Waals surface area (Å²) in [5.41, 5.74) is 2.03. The molecule has 0 bridgehead atoms. The van der Waals surface area contributed by atoms with Gasteiger partial charge in [-0.2, -0.15) is 0 Å². The third-order valence-corrected chi connectivity index (χ3v) is 4.05. The maximum absolute atomic E-state index is 11.9. The van der Waals surface area contributed by atoms with Gasteiger partial charge in [0.2, 0.25) is 11.8 Å². The number of benzene rings is 1. The largest absolute Gasteiger partial charge is 0.379 e. The Labute approximate surface area is 151 Å². The Morgan fingerprint density at radius 3 is 2.58 bits per heavy atom. The molecule has 6 nitrogen and oxygen atoms in total. The molecular formula is C16H21Cl2N3O3. The minimum Gasteiger partial charge on any atom is -0.379 e. The van der Waals surface area contributed by atoms with Crippen molar-refractivity contribution in [3.05, 3.63) is 23.8 Å². The van der Waals surface area contributed by atoms with E-state index < -0.39 is 5.38 Å². The summed E-state index contributed by atoms with van der Waals surface area (Å²) in [6, 6.07) is 5.52. The average molecular weight is 374 g/mol. The summed E-state index contributed by atoms with van der Waals surface area (Å²) in [6.45, 7) is 5.50. The molecule has 8 heteroatoms. The lowest BCUT2D eigenvalue weighted by atomic mass is 10.1. The van der Waals surface area contributed by atoms with Crippen LogP contribution >= 0.6 is 23.2 Å². The summed E-state index contributed by atoms with van der Waals surface area (Å²) >= 11 is 11.3. The molecule has 1 aromatic rings. The van der Waals surface area contributed by atoms with Gasteiger partial charge >= 0.3 is 0 Å². The Morgan fingerprint density at radius 2 is 1.96 bits per heavy atom. The van der Waals surface area contributed by atoms with E-state index in [1.54, 1.807) is 13.0 Å². The molecule has 1 aliphatic heterocycles. The van der Waals surface area contributed by atoms with Crippen LogP contribution in [-0.2, 0) is 20.9 Å². The van der Waals surface area contributed by atoms with Gasteiger partial charge in [0.1, 0.15) is 11.3 Å². The summed E-state index contributed by atoms with van der Waals surface area (Å²) in [5, 5.41) is 4.74. The molecule has 1 heterocycles. The van der Waals surface area contributed by atoms with E-state index in [0.29, 0.717) is 11.4 Å². The van der Waals surface area contributed by atoms with Crippen molar-refractivity contribution in [1.82, 2.24) is 4.90 Å². The van der Waals surface area contributed by atoms with Gasteiger partial charge < -0.3 is 15.4 Å². The van der Waals surface area contributed by atoms with Gasteiger partial charge in [0, 0.05) is 19.6 Å². The quantitative estimate of drug-likeness (QED) is 0.750. The molecule has 1 unspecified atom stereocenters. The van der Waals surface area contributed by atoms with Crippen LogP contribution < -0.4 is 10.6 Å². The third kappa shape index (κ3) is 5.63. The normalized spacial score (nSPS) is 16.5. The highest BCUT2D eigenvalue weighted by molar-refractivity contribution is 6.32. The second-order valence-electron chi connectivity index (χ2n) is 5.56. The zero-order valence-corrected chi connectivity index (χ0v) is 15.0. The van der Waals surface area contributed by atoms with E-state index in [0.717, 1.165) is 38.4 Å². The van der Waals surface area contributed by atoms with Gasteiger partial charge in [-0.3, -0.25) is 14.5 Å². The van der Waals surface area contributed by atoms with Gasteiger partial charge in [-0.15, -0.1) is 23.2 Å². The smallest absolute Gasteiger partial charge is 0.242 e. The van der Waals surface area contributed by atoms with Crippen molar-refractivity contribution in [2.75, 3.05) is 42.8 Å². The Balaban J connectivity index is 2.17. The molecule has 1 atom stereocenters. The van der Waals surface area contributed by atoms with Crippen LogP contribution in [0.3, 0.4) is 0 Å². The van der Waals surface area contributed by atoms with Crippen LogP contribution in [0.25, 0.3) is 0 Å². The van der Waals surface area contributed by atoms with E-state index in [4.69, 9.17) is 27.9 Å². The predicted molar refractivity (Wildman–Crippen MR) is 95.8 cm³/mol. The van der Waals surface area contributed by atoms with Crippen LogP contribution in [0.1, 0.15) is 12.5 Å². The number of hydrogen-bond acceptors (Lipinski definition) is 4. The van der Waals surface area contributed by atoms with E-state index in [9.17, 15) is 9.59 Å². The molecule has 0 aromatic heterocycles. The first kappa shape index (κ1) is 19.0. The lowest BCUT2D eigenvalue weighted by molar-refractivity contribution is -0.116. The second kappa shape index (κ2) is 9.22. The number of hydrogen-bond donors (Lipinski definition) is 2. The maximum atomic E-state index is 11.9. The van der Waals surface area contributed by atoms with Gasteiger partial charge in [0.05, 0.1) is 24.6 Å². The van der Waals surface area contributed by atoms with Crippen molar-refractivity contribution in [3.8, 4) is 0 Å². The fourth-order valence-corrected chi connectivity index (χ4v) is 2.46. The van der Waals surface area contributed by atoms with Crippen molar-refractivity contribution < 1.29 is 14.3 Å². The minimum absolute atomic E-state index is 0.158. The van der Waals surface area contributed by atoms with Crippen LogP contribution in [0.5, 0.6) is 0 Å². The van der Waals surface area contributed by atoms with Gasteiger partial charge in [-0.05, 0) is 24.6 Å². The Kier molecular flexibility index (Phi) is 7.30. The third-order valence-electron chi connectivity index (χ3n) is 3.61. The average Bonchev–Trinajstić information content (AvgIpc) is 2.57. The topological polar surface area (TPSA) is 70.7 Å². The molecule has 0 saturated carbocycles. The molecule has 132 valence electrons. The molecule has 2 N–H and O–H groups in total. The zero-order chi connectivity index (χ0) is 17.5. The minimum atomic E-state index is -0.676. The van der Waals surface area contributed by atoms with E-state index in [1.165, 1.54) is 0 Å².